The average molecular weight is 459 g/mol. The van der Waals surface area contributed by atoms with Crippen molar-refractivity contribution in [1.82, 2.24) is 34.4 Å². The average Bonchev–Trinajstić information content (AvgIpc) is 3.17. The molecule has 0 spiro atoms. The fraction of sp³-hybridized carbons (Fsp3) is 0.500. The highest BCUT2D eigenvalue weighted by molar-refractivity contribution is 7.91. The zero-order valence-electron chi connectivity index (χ0n) is 18.3. The van der Waals surface area contributed by atoms with E-state index in [4.69, 9.17) is 4.98 Å². The molecule has 12 heteroatoms. The number of sulfone groups is 1. The van der Waals surface area contributed by atoms with E-state index in [1.54, 1.807) is 17.3 Å². The molecular weight excluding hydrogens is 432 g/mol. The standard InChI is InChI=1S/C20H26N8O3S/c1-4-15(20(29)27-6-8-32(30,31)9-7-27)25-17-16-19(24-12-23-17)28(5-2)18(26-16)14-10-21-13(3)22-11-14/h10-12,15H,4-9H2,1-3H3,(H,23,24,25)/t15-/m0/s1. The highest BCUT2D eigenvalue weighted by atomic mass is 32.2. The van der Waals surface area contributed by atoms with Gasteiger partial charge >= 0.3 is 0 Å². The molecule has 1 aliphatic heterocycles. The van der Waals surface area contributed by atoms with Crippen LogP contribution < -0.4 is 5.32 Å². The normalized spacial score (nSPS) is 16.8. The first kappa shape index (κ1) is 22.1. The fourth-order valence-electron chi connectivity index (χ4n) is 3.73. The summed E-state index contributed by atoms with van der Waals surface area (Å²) in [7, 11) is -3.06. The number of carbonyl (C=O) groups excluding carboxylic acids is 1. The Morgan fingerprint density at radius 1 is 1.12 bits per heavy atom. The molecule has 3 aromatic rings. The second-order valence-electron chi connectivity index (χ2n) is 7.68. The van der Waals surface area contributed by atoms with Crippen molar-refractivity contribution in [3.8, 4) is 11.4 Å². The van der Waals surface area contributed by atoms with E-state index in [0.717, 1.165) is 5.56 Å². The van der Waals surface area contributed by atoms with Gasteiger partial charge in [0.15, 0.2) is 26.8 Å². The summed E-state index contributed by atoms with van der Waals surface area (Å²) in [6.45, 7) is 6.77. The van der Waals surface area contributed by atoms with Crippen LogP contribution in [0.3, 0.4) is 0 Å². The number of imidazole rings is 1. The van der Waals surface area contributed by atoms with Crippen molar-refractivity contribution in [2.24, 2.45) is 0 Å². The van der Waals surface area contributed by atoms with Crippen LogP contribution in [0.5, 0.6) is 0 Å². The SMILES string of the molecule is CC[C@H](Nc1ncnc2c1nc(-c1cnc(C)nc1)n2CC)C(=O)N1CCS(=O)(=O)CC1. The Hall–Kier alpha value is -3.15. The molecule has 0 unspecified atom stereocenters. The van der Waals surface area contributed by atoms with Crippen LogP contribution in [0, 0.1) is 6.92 Å². The number of fused-ring (bicyclic) bond motifs is 1. The molecule has 11 nitrogen and oxygen atoms in total. The van der Waals surface area contributed by atoms with Gasteiger partial charge in [0.2, 0.25) is 5.91 Å². The molecule has 1 atom stereocenters. The smallest absolute Gasteiger partial charge is 0.245 e. The highest BCUT2D eigenvalue weighted by Crippen LogP contribution is 2.27. The number of hydrogen-bond acceptors (Lipinski definition) is 9. The van der Waals surface area contributed by atoms with Gasteiger partial charge in [0.1, 0.15) is 24.0 Å². The summed E-state index contributed by atoms with van der Waals surface area (Å²) < 4.78 is 25.4. The molecule has 0 aromatic carbocycles. The Morgan fingerprint density at radius 2 is 1.81 bits per heavy atom. The summed E-state index contributed by atoms with van der Waals surface area (Å²) in [4.78, 5) is 36.7. The van der Waals surface area contributed by atoms with Gasteiger partial charge in [-0.15, -0.1) is 0 Å². The number of carbonyl (C=O) groups is 1. The second-order valence-corrected chi connectivity index (χ2v) is 9.98. The predicted molar refractivity (Wildman–Crippen MR) is 120 cm³/mol. The van der Waals surface area contributed by atoms with Crippen LogP contribution in [0.1, 0.15) is 26.1 Å². The summed E-state index contributed by atoms with van der Waals surface area (Å²) >= 11 is 0. The number of hydrogen-bond donors (Lipinski definition) is 1. The van der Waals surface area contributed by atoms with Gasteiger partial charge in [-0.3, -0.25) is 4.79 Å². The monoisotopic (exact) mass is 458 g/mol. The van der Waals surface area contributed by atoms with Crippen molar-refractivity contribution in [3.63, 3.8) is 0 Å². The van der Waals surface area contributed by atoms with E-state index >= 15 is 0 Å². The maximum absolute atomic E-state index is 13.0. The van der Waals surface area contributed by atoms with Gasteiger partial charge in [0, 0.05) is 32.0 Å². The molecule has 1 fully saturated rings. The van der Waals surface area contributed by atoms with Crippen LogP contribution >= 0.6 is 0 Å². The lowest BCUT2D eigenvalue weighted by atomic mass is 10.2. The van der Waals surface area contributed by atoms with E-state index in [-0.39, 0.29) is 30.5 Å². The summed E-state index contributed by atoms with van der Waals surface area (Å²) in [5, 5.41) is 3.22. The lowest BCUT2D eigenvalue weighted by Gasteiger charge is -2.30. The van der Waals surface area contributed by atoms with E-state index in [2.05, 4.69) is 25.3 Å². The third-order valence-corrected chi connectivity index (χ3v) is 7.17. The first-order valence-electron chi connectivity index (χ1n) is 10.6. The number of rotatable bonds is 6. The molecule has 0 radical (unpaired) electrons. The maximum Gasteiger partial charge on any atom is 0.245 e. The van der Waals surface area contributed by atoms with E-state index in [9.17, 15) is 13.2 Å². The van der Waals surface area contributed by atoms with Crippen LogP contribution in [0.2, 0.25) is 0 Å². The number of aromatic nitrogens is 6. The minimum absolute atomic E-state index is 0.00415. The topological polar surface area (TPSA) is 136 Å². The van der Waals surface area contributed by atoms with Crippen molar-refractivity contribution in [3.05, 3.63) is 24.5 Å². The van der Waals surface area contributed by atoms with Crippen molar-refractivity contribution in [2.75, 3.05) is 29.9 Å². The quantitative estimate of drug-likeness (QED) is 0.575. The third kappa shape index (κ3) is 4.27. The van der Waals surface area contributed by atoms with Gasteiger partial charge in [-0.05, 0) is 20.3 Å². The molecule has 32 heavy (non-hydrogen) atoms. The largest absolute Gasteiger partial charge is 0.356 e. The molecule has 4 heterocycles. The first-order valence-corrected chi connectivity index (χ1v) is 12.4. The zero-order valence-corrected chi connectivity index (χ0v) is 19.1. The number of aryl methyl sites for hydroxylation is 2. The molecule has 170 valence electrons. The molecule has 0 saturated carbocycles. The molecule has 3 aromatic heterocycles. The molecule has 1 amide bonds. The lowest BCUT2D eigenvalue weighted by molar-refractivity contribution is -0.131. The van der Waals surface area contributed by atoms with Crippen LogP contribution in [-0.2, 0) is 21.2 Å². The van der Waals surface area contributed by atoms with E-state index < -0.39 is 15.9 Å². The van der Waals surface area contributed by atoms with Crippen molar-refractivity contribution in [1.29, 1.82) is 0 Å². The Bertz CT molecular complexity index is 1230. The number of amides is 1. The molecule has 0 bridgehead atoms. The van der Waals surface area contributed by atoms with Crippen molar-refractivity contribution < 1.29 is 13.2 Å². The van der Waals surface area contributed by atoms with Gasteiger partial charge in [-0.1, -0.05) is 6.92 Å². The minimum atomic E-state index is -3.06. The minimum Gasteiger partial charge on any atom is -0.356 e. The van der Waals surface area contributed by atoms with Gasteiger partial charge in [0.25, 0.3) is 0 Å². The second kappa shape index (κ2) is 8.77. The molecule has 1 N–H and O–H groups in total. The van der Waals surface area contributed by atoms with Crippen LogP contribution in [-0.4, -0.2) is 79.3 Å². The Labute approximate surface area is 186 Å². The van der Waals surface area contributed by atoms with Gasteiger partial charge < -0.3 is 14.8 Å². The Morgan fingerprint density at radius 3 is 2.44 bits per heavy atom. The van der Waals surface area contributed by atoms with E-state index in [1.807, 2.05) is 25.3 Å². The summed E-state index contributed by atoms with van der Waals surface area (Å²) in [6, 6.07) is -0.549. The van der Waals surface area contributed by atoms with Crippen LogP contribution in [0.25, 0.3) is 22.6 Å². The molecule has 1 aliphatic rings. The molecule has 0 aliphatic carbocycles. The highest BCUT2D eigenvalue weighted by Gasteiger charge is 2.30. The van der Waals surface area contributed by atoms with Crippen LogP contribution in [0.4, 0.5) is 5.82 Å². The Kier molecular flexibility index (Phi) is 6.04. The molecule has 1 saturated heterocycles. The van der Waals surface area contributed by atoms with Gasteiger partial charge in [0.05, 0.1) is 17.1 Å². The first-order chi connectivity index (χ1) is 15.3. The summed E-state index contributed by atoms with van der Waals surface area (Å²) in [5.41, 5.74) is 1.96. The van der Waals surface area contributed by atoms with Crippen molar-refractivity contribution >= 4 is 32.7 Å². The zero-order chi connectivity index (χ0) is 22.9. The predicted octanol–water partition coefficient (Wildman–Crippen LogP) is 1.06. The number of nitrogens with one attached hydrogen (secondary N) is 1. The summed E-state index contributed by atoms with van der Waals surface area (Å²) in [6.07, 6.45) is 5.40. The van der Waals surface area contributed by atoms with E-state index in [1.165, 1.54) is 6.33 Å². The third-order valence-electron chi connectivity index (χ3n) is 5.56. The lowest BCUT2D eigenvalue weighted by Crippen LogP contribution is -2.49. The van der Waals surface area contributed by atoms with Crippen LogP contribution in [0.15, 0.2) is 18.7 Å². The van der Waals surface area contributed by atoms with E-state index in [0.29, 0.717) is 41.6 Å². The van der Waals surface area contributed by atoms with Crippen molar-refractivity contribution in [2.45, 2.75) is 39.8 Å². The number of nitrogens with zero attached hydrogens (tertiary/aromatic N) is 7. The maximum atomic E-state index is 13.0. The fourth-order valence-corrected chi connectivity index (χ4v) is 4.93. The summed E-state index contributed by atoms with van der Waals surface area (Å²) in [5.74, 6) is 1.65. The number of anilines is 1. The van der Waals surface area contributed by atoms with Gasteiger partial charge in [-0.25, -0.2) is 33.3 Å². The van der Waals surface area contributed by atoms with Gasteiger partial charge in [-0.2, -0.15) is 0 Å². The molecule has 4 rings (SSSR count). The molecular formula is C20H26N8O3S. The Balaban J connectivity index is 1.65.